The van der Waals surface area contributed by atoms with Crippen molar-refractivity contribution < 1.29 is 17.9 Å². The quantitative estimate of drug-likeness (QED) is 0.825. The highest BCUT2D eigenvalue weighted by atomic mass is 35.5. The van der Waals surface area contributed by atoms with Crippen LogP contribution in [-0.4, -0.2) is 40.6 Å². The van der Waals surface area contributed by atoms with E-state index >= 15 is 0 Å². The van der Waals surface area contributed by atoms with E-state index in [1.54, 1.807) is 12.1 Å². The normalized spacial score (nSPS) is 14.9. The van der Waals surface area contributed by atoms with Gasteiger partial charge in [-0.15, -0.1) is 0 Å². The molecule has 0 saturated carbocycles. The van der Waals surface area contributed by atoms with Crippen molar-refractivity contribution in [3.05, 3.63) is 53.1 Å². The predicted octanol–water partition coefficient (Wildman–Crippen LogP) is 2.08. The number of halogens is 1. The van der Waals surface area contributed by atoms with E-state index < -0.39 is 15.9 Å². The first kappa shape index (κ1) is 18.7. The lowest BCUT2D eigenvalue weighted by Gasteiger charge is -2.28. The molecule has 1 fully saturated rings. The minimum Gasteiger partial charge on any atom is -0.378 e. The Morgan fingerprint density at radius 3 is 2.38 bits per heavy atom. The van der Waals surface area contributed by atoms with Gasteiger partial charge in [-0.1, -0.05) is 11.6 Å². The maximum atomic E-state index is 12.4. The van der Waals surface area contributed by atoms with E-state index in [4.69, 9.17) is 21.5 Å². The molecule has 3 N–H and O–H groups in total. The molecule has 0 unspecified atom stereocenters. The van der Waals surface area contributed by atoms with E-state index in [0.717, 1.165) is 24.8 Å². The first-order valence-electron chi connectivity index (χ1n) is 7.91. The highest BCUT2D eigenvalue weighted by Crippen LogP contribution is 2.23. The van der Waals surface area contributed by atoms with Gasteiger partial charge in [0.05, 0.1) is 18.2 Å². The van der Waals surface area contributed by atoms with Gasteiger partial charge in [-0.3, -0.25) is 4.79 Å². The highest BCUT2D eigenvalue weighted by Gasteiger charge is 2.17. The van der Waals surface area contributed by atoms with Gasteiger partial charge >= 0.3 is 0 Å². The van der Waals surface area contributed by atoms with Gasteiger partial charge in [0, 0.05) is 30.0 Å². The van der Waals surface area contributed by atoms with Crippen molar-refractivity contribution >= 4 is 38.9 Å². The van der Waals surface area contributed by atoms with Crippen LogP contribution in [0.1, 0.15) is 10.4 Å². The Morgan fingerprint density at radius 2 is 1.77 bits per heavy atom. The van der Waals surface area contributed by atoms with Crippen molar-refractivity contribution in [3.63, 3.8) is 0 Å². The van der Waals surface area contributed by atoms with Gasteiger partial charge in [-0.05, 0) is 42.5 Å². The molecule has 7 nitrogen and oxygen atoms in total. The first-order chi connectivity index (χ1) is 12.3. The Morgan fingerprint density at radius 1 is 1.12 bits per heavy atom. The van der Waals surface area contributed by atoms with Gasteiger partial charge in [0.2, 0.25) is 10.0 Å². The molecular weight excluding hydrogens is 378 g/mol. The maximum absolute atomic E-state index is 12.4. The maximum Gasteiger partial charge on any atom is 0.255 e. The Bertz CT molecular complexity index is 910. The molecular formula is C17H18ClN3O4S. The van der Waals surface area contributed by atoms with Crippen LogP contribution in [0.25, 0.3) is 0 Å². The summed E-state index contributed by atoms with van der Waals surface area (Å²) in [5, 5.41) is 7.81. The summed E-state index contributed by atoms with van der Waals surface area (Å²) in [4.78, 5) is 14.3. The number of nitrogens with zero attached hydrogens (tertiary/aromatic N) is 1. The third-order valence-electron chi connectivity index (χ3n) is 4.00. The Hall–Kier alpha value is -2.13. The summed E-state index contributed by atoms with van der Waals surface area (Å²) < 4.78 is 28.4. The second-order valence-electron chi connectivity index (χ2n) is 5.79. The average Bonchev–Trinajstić information content (AvgIpc) is 2.62. The lowest BCUT2D eigenvalue weighted by molar-refractivity contribution is 0.102. The van der Waals surface area contributed by atoms with Gasteiger partial charge in [-0.2, -0.15) is 0 Å². The second-order valence-corrected chi connectivity index (χ2v) is 7.73. The average molecular weight is 396 g/mol. The topological polar surface area (TPSA) is 102 Å². The molecule has 1 saturated heterocycles. The number of sulfonamides is 1. The summed E-state index contributed by atoms with van der Waals surface area (Å²) in [6.07, 6.45) is 0. The molecule has 0 aliphatic carbocycles. The summed E-state index contributed by atoms with van der Waals surface area (Å²) in [6, 6.07) is 11.3. The largest absolute Gasteiger partial charge is 0.378 e. The van der Waals surface area contributed by atoms with Crippen LogP contribution in [0, 0.1) is 0 Å². The Balaban J connectivity index is 1.74. The molecule has 1 heterocycles. The lowest BCUT2D eigenvalue weighted by atomic mass is 10.2. The zero-order chi connectivity index (χ0) is 18.7. The molecule has 9 heteroatoms. The van der Waals surface area contributed by atoms with Crippen LogP contribution in [0.15, 0.2) is 47.4 Å². The summed E-state index contributed by atoms with van der Waals surface area (Å²) in [6.45, 7) is 3.04. The number of primary sulfonamides is 1. The summed E-state index contributed by atoms with van der Waals surface area (Å²) in [5.41, 5.74) is 1.80. The van der Waals surface area contributed by atoms with Crippen LogP contribution < -0.4 is 15.4 Å². The number of nitrogens with one attached hydrogen (secondary N) is 1. The van der Waals surface area contributed by atoms with Crippen molar-refractivity contribution in [2.45, 2.75) is 4.90 Å². The number of rotatable bonds is 4. The van der Waals surface area contributed by atoms with Gasteiger partial charge in [0.1, 0.15) is 4.90 Å². The number of nitrogens with two attached hydrogens (primary N) is 1. The molecule has 138 valence electrons. The minimum absolute atomic E-state index is 0.0288. The number of benzene rings is 2. The highest BCUT2D eigenvalue weighted by molar-refractivity contribution is 7.89. The summed E-state index contributed by atoms with van der Waals surface area (Å²) in [5.74, 6) is -0.453. The van der Waals surface area contributed by atoms with Crippen LogP contribution in [0.5, 0.6) is 0 Å². The molecule has 1 aliphatic heterocycles. The Kier molecular flexibility index (Phi) is 5.47. The lowest BCUT2D eigenvalue weighted by Crippen LogP contribution is -2.36. The fraction of sp³-hybridized carbons (Fsp3) is 0.235. The molecule has 0 spiro atoms. The zero-order valence-corrected chi connectivity index (χ0v) is 15.4. The monoisotopic (exact) mass is 395 g/mol. The Labute approximate surface area is 156 Å². The fourth-order valence-electron chi connectivity index (χ4n) is 2.64. The molecule has 0 aromatic heterocycles. The van der Waals surface area contributed by atoms with Crippen molar-refractivity contribution in [2.24, 2.45) is 5.14 Å². The molecule has 2 aromatic carbocycles. The van der Waals surface area contributed by atoms with E-state index in [9.17, 15) is 13.2 Å². The number of ether oxygens (including phenoxy) is 1. The molecule has 0 bridgehead atoms. The van der Waals surface area contributed by atoms with Crippen LogP contribution in [-0.2, 0) is 14.8 Å². The smallest absolute Gasteiger partial charge is 0.255 e. The van der Waals surface area contributed by atoms with E-state index in [-0.39, 0.29) is 15.5 Å². The van der Waals surface area contributed by atoms with Gasteiger partial charge < -0.3 is 15.0 Å². The third kappa shape index (κ3) is 4.34. The van der Waals surface area contributed by atoms with Gasteiger partial charge in [-0.25, -0.2) is 13.6 Å². The number of carbonyl (C=O) groups is 1. The van der Waals surface area contributed by atoms with E-state index in [2.05, 4.69) is 10.2 Å². The van der Waals surface area contributed by atoms with Crippen LogP contribution in [0.2, 0.25) is 5.02 Å². The molecule has 0 atom stereocenters. The summed E-state index contributed by atoms with van der Waals surface area (Å²) in [7, 11) is -4.01. The van der Waals surface area contributed by atoms with Crippen LogP contribution in [0.3, 0.4) is 0 Å². The van der Waals surface area contributed by atoms with Crippen molar-refractivity contribution in [3.8, 4) is 0 Å². The third-order valence-corrected chi connectivity index (χ3v) is 5.39. The van der Waals surface area contributed by atoms with Gasteiger partial charge in [0.25, 0.3) is 5.91 Å². The first-order valence-corrected chi connectivity index (χ1v) is 9.83. The molecule has 2 aromatic rings. The minimum atomic E-state index is -4.01. The van der Waals surface area contributed by atoms with Crippen LogP contribution in [0.4, 0.5) is 11.4 Å². The van der Waals surface area contributed by atoms with Gasteiger partial charge in [0.15, 0.2) is 0 Å². The van der Waals surface area contributed by atoms with E-state index in [1.807, 2.05) is 12.1 Å². The fourth-order valence-corrected chi connectivity index (χ4v) is 3.71. The number of morpholine rings is 1. The number of hydrogen-bond acceptors (Lipinski definition) is 5. The van der Waals surface area contributed by atoms with E-state index in [1.165, 1.54) is 12.1 Å². The predicted molar refractivity (Wildman–Crippen MR) is 100 cm³/mol. The number of amides is 1. The van der Waals surface area contributed by atoms with Crippen molar-refractivity contribution in [2.75, 3.05) is 36.5 Å². The molecule has 0 radical (unpaired) electrons. The molecule has 1 aliphatic rings. The number of anilines is 2. The number of carbonyl (C=O) groups excluding carboxylic acids is 1. The number of hydrogen-bond donors (Lipinski definition) is 2. The van der Waals surface area contributed by atoms with Crippen molar-refractivity contribution in [1.29, 1.82) is 0 Å². The van der Waals surface area contributed by atoms with Crippen LogP contribution >= 0.6 is 11.6 Å². The van der Waals surface area contributed by atoms with Crippen molar-refractivity contribution in [1.82, 2.24) is 0 Å². The molecule has 3 rings (SSSR count). The standard InChI is InChI=1S/C17H18ClN3O4S/c18-15-6-1-12(11-16(15)26(19,23)24)17(22)20-13-2-4-14(5-3-13)21-7-9-25-10-8-21/h1-6,11H,7-10H2,(H,20,22)(H2,19,23,24). The summed E-state index contributed by atoms with van der Waals surface area (Å²) >= 11 is 5.83. The SMILES string of the molecule is NS(=O)(=O)c1cc(C(=O)Nc2ccc(N3CCOCC3)cc2)ccc1Cl. The van der Waals surface area contributed by atoms with E-state index in [0.29, 0.717) is 18.9 Å². The second kappa shape index (κ2) is 7.63. The molecule has 26 heavy (non-hydrogen) atoms. The molecule has 1 amide bonds. The zero-order valence-electron chi connectivity index (χ0n) is 13.8.